The fourth-order valence-corrected chi connectivity index (χ4v) is 1.01. The van der Waals surface area contributed by atoms with E-state index in [1.165, 1.54) is 17.2 Å². The summed E-state index contributed by atoms with van der Waals surface area (Å²) in [5, 5.41) is 3.90. The van der Waals surface area contributed by atoms with Crippen LogP contribution >= 0.6 is 0 Å². The van der Waals surface area contributed by atoms with Gasteiger partial charge in [0.2, 0.25) is 0 Å². The molecule has 2 aromatic heterocycles. The molecule has 2 rings (SSSR count). The summed E-state index contributed by atoms with van der Waals surface area (Å²) in [6, 6.07) is 1.68. The van der Waals surface area contributed by atoms with Crippen LogP contribution in [-0.4, -0.2) is 19.7 Å². The molecular weight excluding hydrogens is 171 g/mol. The molecule has 0 N–H and O–H groups in total. The molecule has 0 bridgehead atoms. The third-order valence-corrected chi connectivity index (χ3v) is 1.62. The Morgan fingerprint density at radius 1 is 1.31 bits per heavy atom. The smallest absolute Gasteiger partial charge is 0.138 e. The van der Waals surface area contributed by atoms with E-state index >= 15 is 0 Å². The van der Waals surface area contributed by atoms with Crippen LogP contribution in [0.1, 0.15) is 5.56 Å². The van der Waals surface area contributed by atoms with Gasteiger partial charge in [-0.05, 0) is 6.07 Å². The number of rotatable bonds is 2. The zero-order valence-electron chi connectivity index (χ0n) is 6.76. The Bertz CT molecular complexity index is 385. The van der Waals surface area contributed by atoms with Crippen LogP contribution in [0.4, 0.5) is 4.39 Å². The number of halogens is 1. The third-order valence-electron chi connectivity index (χ3n) is 1.62. The summed E-state index contributed by atoms with van der Waals surface area (Å²) in [7, 11) is 0. The van der Waals surface area contributed by atoms with Crippen LogP contribution in [0.25, 0.3) is 5.69 Å². The molecule has 0 amide bonds. The molecule has 2 heterocycles. The third kappa shape index (κ3) is 1.53. The first-order chi connectivity index (χ1) is 6.40. The van der Waals surface area contributed by atoms with Crippen molar-refractivity contribution in [2.24, 2.45) is 0 Å². The summed E-state index contributed by atoms with van der Waals surface area (Å²) in [5.74, 6) is 0. The van der Waals surface area contributed by atoms with Crippen LogP contribution in [-0.2, 0) is 6.67 Å². The molecule has 5 heteroatoms. The minimum absolute atomic E-state index is 0.518. The van der Waals surface area contributed by atoms with Crippen LogP contribution in [0, 0.1) is 0 Å². The predicted octanol–water partition coefficient (Wildman–Crippen LogP) is 1.13. The van der Waals surface area contributed by atoms with Crippen molar-refractivity contribution in [1.29, 1.82) is 0 Å². The van der Waals surface area contributed by atoms with Gasteiger partial charge in [-0.2, -0.15) is 5.10 Å². The van der Waals surface area contributed by atoms with E-state index in [-0.39, 0.29) is 0 Å². The van der Waals surface area contributed by atoms with E-state index in [0.29, 0.717) is 11.3 Å². The van der Waals surface area contributed by atoms with E-state index in [0.717, 1.165) is 0 Å². The fourth-order valence-electron chi connectivity index (χ4n) is 1.01. The molecule has 0 aliphatic rings. The maximum absolute atomic E-state index is 12.3. The van der Waals surface area contributed by atoms with Gasteiger partial charge in [0.05, 0.1) is 11.9 Å². The molecule has 66 valence electrons. The van der Waals surface area contributed by atoms with Gasteiger partial charge in [-0.25, -0.2) is 14.1 Å². The maximum Gasteiger partial charge on any atom is 0.138 e. The van der Waals surface area contributed by atoms with Crippen molar-refractivity contribution in [3.05, 3.63) is 36.7 Å². The van der Waals surface area contributed by atoms with Crippen LogP contribution < -0.4 is 0 Å². The Balaban J connectivity index is 2.41. The lowest BCUT2D eigenvalue weighted by molar-refractivity contribution is 0.484. The van der Waals surface area contributed by atoms with Crippen LogP contribution in [0.2, 0.25) is 0 Å². The van der Waals surface area contributed by atoms with Gasteiger partial charge in [-0.1, -0.05) is 0 Å². The fraction of sp³-hybridized carbons (Fsp3) is 0.125. The standard InChI is InChI=1S/C8H7FN4/c9-2-7-1-8(4-10-3-7)13-6-11-5-12-13/h1,3-6H,2H2. The highest BCUT2D eigenvalue weighted by Crippen LogP contribution is 2.07. The lowest BCUT2D eigenvalue weighted by Gasteiger charge is -2.00. The molecule has 0 spiro atoms. The molecule has 0 radical (unpaired) electrons. The monoisotopic (exact) mass is 178 g/mol. The predicted molar refractivity (Wildman–Crippen MR) is 44.0 cm³/mol. The molecule has 0 aromatic carbocycles. The molecule has 13 heavy (non-hydrogen) atoms. The topological polar surface area (TPSA) is 43.6 Å². The Hall–Kier alpha value is -1.78. The largest absolute Gasteiger partial charge is 0.262 e. The quantitative estimate of drug-likeness (QED) is 0.692. The number of nitrogens with zero attached hydrogens (tertiary/aromatic N) is 4. The molecule has 0 aliphatic heterocycles. The summed E-state index contributed by atoms with van der Waals surface area (Å²) >= 11 is 0. The number of pyridine rings is 1. The summed E-state index contributed by atoms with van der Waals surface area (Å²) in [5.41, 5.74) is 1.25. The number of hydrogen-bond donors (Lipinski definition) is 0. The van der Waals surface area contributed by atoms with Gasteiger partial charge in [0.25, 0.3) is 0 Å². The first-order valence-corrected chi connectivity index (χ1v) is 3.75. The summed E-state index contributed by atoms with van der Waals surface area (Å²) in [6.45, 7) is -0.518. The second-order valence-electron chi connectivity index (χ2n) is 2.53. The molecule has 0 unspecified atom stereocenters. The van der Waals surface area contributed by atoms with E-state index in [1.807, 2.05) is 0 Å². The zero-order chi connectivity index (χ0) is 9.10. The average Bonchev–Trinajstić information content (AvgIpc) is 2.71. The van der Waals surface area contributed by atoms with Crippen LogP contribution in [0.3, 0.4) is 0 Å². The van der Waals surface area contributed by atoms with Crippen molar-refractivity contribution < 1.29 is 4.39 Å². The molecule has 4 nitrogen and oxygen atoms in total. The number of alkyl halides is 1. The van der Waals surface area contributed by atoms with Gasteiger partial charge < -0.3 is 0 Å². The Labute approximate surface area is 74.1 Å². The minimum Gasteiger partial charge on any atom is -0.262 e. The average molecular weight is 178 g/mol. The number of hydrogen-bond acceptors (Lipinski definition) is 3. The maximum atomic E-state index is 12.3. The lowest BCUT2D eigenvalue weighted by Crippen LogP contribution is -1.96. The van der Waals surface area contributed by atoms with E-state index in [1.54, 1.807) is 18.6 Å². The van der Waals surface area contributed by atoms with Gasteiger partial charge in [-0.15, -0.1) is 0 Å². The van der Waals surface area contributed by atoms with Gasteiger partial charge in [-0.3, -0.25) is 4.98 Å². The lowest BCUT2D eigenvalue weighted by atomic mass is 10.3. The van der Waals surface area contributed by atoms with E-state index in [2.05, 4.69) is 15.1 Å². The van der Waals surface area contributed by atoms with Crippen LogP contribution in [0.15, 0.2) is 31.1 Å². The number of aromatic nitrogens is 4. The summed E-state index contributed by atoms with van der Waals surface area (Å²) in [4.78, 5) is 7.67. The van der Waals surface area contributed by atoms with Crippen molar-refractivity contribution in [3.63, 3.8) is 0 Å². The van der Waals surface area contributed by atoms with Crippen molar-refractivity contribution >= 4 is 0 Å². The van der Waals surface area contributed by atoms with E-state index in [4.69, 9.17) is 0 Å². The van der Waals surface area contributed by atoms with Gasteiger partial charge in [0.1, 0.15) is 19.3 Å². The summed E-state index contributed by atoms with van der Waals surface area (Å²) < 4.78 is 13.8. The molecule has 0 fully saturated rings. The highest BCUT2D eigenvalue weighted by molar-refractivity contribution is 5.30. The molecule has 2 aromatic rings. The van der Waals surface area contributed by atoms with Crippen molar-refractivity contribution in [2.75, 3.05) is 0 Å². The minimum atomic E-state index is -0.518. The highest BCUT2D eigenvalue weighted by Gasteiger charge is 1.98. The van der Waals surface area contributed by atoms with Gasteiger partial charge >= 0.3 is 0 Å². The van der Waals surface area contributed by atoms with Crippen LogP contribution in [0.5, 0.6) is 0 Å². The Kier molecular flexibility index (Phi) is 1.99. The molecule has 0 saturated carbocycles. The molecule has 0 aliphatic carbocycles. The van der Waals surface area contributed by atoms with E-state index < -0.39 is 6.67 Å². The van der Waals surface area contributed by atoms with E-state index in [9.17, 15) is 4.39 Å². The van der Waals surface area contributed by atoms with Crippen molar-refractivity contribution in [1.82, 2.24) is 19.7 Å². The molecule has 0 atom stereocenters. The van der Waals surface area contributed by atoms with Crippen molar-refractivity contribution in [2.45, 2.75) is 6.67 Å². The Morgan fingerprint density at radius 3 is 2.92 bits per heavy atom. The first kappa shape index (κ1) is 7.85. The molecular formula is C8H7FN4. The second kappa shape index (κ2) is 3.30. The molecule has 0 saturated heterocycles. The zero-order valence-corrected chi connectivity index (χ0v) is 6.76. The van der Waals surface area contributed by atoms with Gasteiger partial charge in [0.15, 0.2) is 0 Å². The SMILES string of the molecule is FCc1cncc(-n2cncn2)c1. The Morgan fingerprint density at radius 2 is 2.23 bits per heavy atom. The first-order valence-electron chi connectivity index (χ1n) is 3.75. The second-order valence-corrected chi connectivity index (χ2v) is 2.53. The summed E-state index contributed by atoms with van der Waals surface area (Å²) in [6.07, 6.45) is 6.05. The van der Waals surface area contributed by atoms with Gasteiger partial charge in [0, 0.05) is 11.8 Å². The van der Waals surface area contributed by atoms with Crippen molar-refractivity contribution in [3.8, 4) is 5.69 Å². The normalized spacial score (nSPS) is 10.2. The highest BCUT2D eigenvalue weighted by atomic mass is 19.1.